The van der Waals surface area contributed by atoms with E-state index in [0.29, 0.717) is 6.42 Å². The highest BCUT2D eigenvalue weighted by Crippen LogP contribution is 2.13. The Labute approximate surface area is 137 Å². The lowest BCUT2D eigenvalue weighted by atomic mass is 10.1. The first-order valence-corrected chi connectivity index (χ1v) is 10.3. The molecule has 0 bridgehead atoms. The number of halogens is 1. The van der Waals surface area contributed by atoms with Crippen LogP contribution < -0.4 is 0 Å². The average Bonchev–Trinajstić information content (AvgIpc) is 2.47. The summed E-state index contributed by atoms with van der Waals surface area (Å²) in [5, 5.41) is 1.16. The summed E-state index contributed by atoms with van der Waals surface area (Å²) in [6, 6.07) is 0. The van der Waals surface area contributed by atoms with Crippen LogP contribution in [-0.2, 0) is 9.53 Å². The zero-order valence-corrected chi connectivity index (χ0v) is 15.4. The smallest absolute Gasteiger partial charge is 0.306 e. The minimum atomic E-state index is -0.0892. The quantitative estimate of drug-likeness (QED) is 0.215. The van der Waals surface area contributed by atoms with E-state index in [-0.39, 0.29) is 5.97 Å². The highest BCUT2D eigenvalue weighted by molar-refractivity contribution is 9.09. The number of ether oxygens (including phenoxy) is 1. The molecule has 0 radical (unpaired) electrons. The van der Waals surface area contributed by atoms with Crippen LogP contribution in [0.15, 0.2) is 0 Å². The Balaban J connectivity index is 2.97. The molecule has 0 aliphatic rings. The molecule has 0 heterocycles. The standard InChI is InChI=1S/C16H31BrO2S/c1-19-16(18)12-15-20-14-11-9-7-5-3-2-4-6-8-10-13-17/h2-15H2,1H3. The van der Waals surface area contributed by atoms with Crippen molar-refractivity contribution in [2.75, 3.05) is 23.9 Å². The third-order valence-electron chi connectivity index (χ3n) is 3.35. The van der Waals surface area contributed by atoms with Crippen molar-refractivity contribution >= 4 is 33.7 Å². The van der Waals surface area contributed by atoms with Crippen LogP contribution in [-0.4, -0.2) is 29.9 Å². The first-order valence-electron chi connectivity index (χ1n) is 8.01. The molecule has 20 heavy (non-hydrogen) atoms. The van der Waals surface area contributed by atoms with Gasteiger partial charge in [0.2, 0.25) is 0 Å². The van der Waals surface area contributed by atoms with Gasteiger partial charge in [-0.3, -0.25) is 4.79 Å². The second-order valence-corrected chi connectivity index (χ2v) is 7.18. The Morgan fingerprint density at radius 3 is 1.85 bits per heavy atom. The zero-order valence-electron chi connectivity index (χ0n) is 13.0. The molecule has 120 valence electrons. The van der Waals surface area contributed by atoms with Crippen LogP contribution >= 0.6 is 27.7 Å². The summed E-state index contributed by atoms with van der Waals surface area (Å²) in [7, 11) is 1.45. The van der Waals surface area contributed by atoms with Gasteiger partial charge in [-0.25, -0.2) is 0 Å². The van der Waals surface area contributed by atoms with Crippen molar-refractivity contribution < 1.29 is 9.53 Å². The van der Waals surface area contributed by atoms with Gasteiger partial charge < -0.3 is 4.74 Å². The van der Waals surface area contributed by atoms with E-state index in [4.69, 9.17) is 0 Å². The Morgan fingerprint density at radius 2 is 1.35 bits per heavy atom. The SMILES string of the molecule is COC(=O)CCSCCCCCCCCCCCCBr. The summed E-state index contributed by atoms with van der Waals surface area (Å²) in [6.07, 6.45) is 14.3. The molecule has 0 rings (SSSR count). The molecule has 0 unspecified atom stereocenters. The van der Waals surface area contributed by atoms with Gasteiger partial charge in [0.05, 0.1) is 13.5 Å². The number of carbonyl (C=O) groups is 1. The third kappa shape index (κ3) is 16.4. The molecule has 0 aliphatic heterocycles. The fraction of sp³-hybridized carbons (Fsp3) is 0.938. The van der Waals surface area contributed by atoms with Crippen molar-refractivity contribution in [2.45, 2.75) is 70.6 Å². The van der Waals surface area contributed by atoms with Crippen molar-refractivity contribution in [1.82, 2.24) is 0 Å². The Kier molecular flexibility index (Phi) is 17.6. The largest absolute Gasteiger partial charge is 0.469 e. The molecule has 0 saturated heterocycles. The number of hydrogen-bond donors (Lipinski definition) is 0. The molecule has 4 heteroatoms. The first-order chi connectivity index (χ1) is 9.81. The van der Waals surface area contributed by atoms with Crippen LogP contribution in [0.25, 0.3) is 0 Å². The van der Waals surface area contributed by atoms with Gasteiger partial charge in [0, 0.05) is 11.1 Å². The van der Waals surface area contributed by atoms with Gasteiger partial charge in [0.1, 0.15) is 0 Å². The lowest BCUT2D eigenvalue weighted by molar-refractivity contribution is -0.140. The Hall–Kier alpha value is 0.300. The zero-order chi connectivity index (χ0) is 14.9. The number of rotatable bonds is 15. The van der Waals surface area contributed by atoms with Gasteiger partial charge in [-0.1, -0.05) is 67.3 Å². The van der Waals surface area contributed by atoms with E-state index in [1.807, 2.05) is 11.8 Å². The summed E-state index contributed by atoms with van der Waals surface area (Å²) >= 11 is 5.34. The number of unbranched alkanes of at least 4 members (excludes halogenated alkanes) is 9. The fourth-order valence-electron chi connectivity index (χ4n) is 2.07. The molecule has 0 saturated carbocycles. The Bertz CT molecular complexity index is 213. The summed E-state index contributed by atoms with van der Waals surface area (Å²) in [4.78, 5) is 10.9. The molecular formula is C16H31BrO2S. The first kappa shape index (κ1) is 20.3. The highest BCUT2D eigenvalue weighted by atomic mass is 79.9. The van der Waals surface area contributed by atoms with Crippen molar-refractivity contribution in [2.24, 2.45) is 0 Å². The predicted molar refractivity (Wildman–Crippen MR) is 93.9 cm³/mol. The van der Waals surface area contributed by atoms with Crippen LogP contribution in [0, 0.1) is 0 Å². The normalized spacial score (nSPS) is 10.7. The number of hydrogen-bond acceptors (Lipinski definition) is 3. The van der Waals surface area contributed by atoms with Crippen LogP contribution in [0.1, 0.15) is 70.6 Å². The van der Waals surface area contributed by atoms with Gasteiger partial charge in [0.15, 0.2) is 0 Å². The van der Waals surface area contributed by atoms with Crippen LogP contribution in [0.4, 0.5) is 0 Å². The lowest BCUT2D eigenvalue weighted by Gasteiger charge is -2.03. The highest BCUT2D eigenvalue weighted by Gasteiger charge is 1.99. The summed E-state index contributed by atoms with van der Waals surface area (Å²) in [5.74, 6) is 2.00. The maximum atomic E-state index is 10.9. The van der Waals surface area contributed by atoms with Crippen molar-refractivity contribution in [1.29, 1.82) is 0 Å². The molecular weight excluding hydrogens is 336 g/mol. The molecule has 0 aromatic heterocycles. The average molecular weight is 367 g/mol. The summed E-state index contributed by atoms with van der Waals surface area (Å²) in [6.45, 7) is 0. The van der Waals surface area contributed by atoms with Gasteiger partial charge >= 0.3 is 5.97 Å². The van der Waals surface area contributed by atoms with Gasteiger partial charge in [-0.2, -0.15) is 11.8 Å². The predicted octanol–water partition coefficient (Wildman–Crippen LogP) is 5.58. The van der Waals surface area contributed by atoms with Gasteiger partial charge in [0.25, 0.3) is 0 Å². The lowest BCUT2D eigenvalue weighted by Crippen LogP contribution is -2.01. The topological polar surface area (TPSA) is 26.3 Å². The second-order valence-electron chi connectivity index (χ2n) is 5.16. The minimum Gasteiger partial charge on any atom is -0.469 e. The number of carbonyl (C=O) groups excluding carboxylic acids is 1. The van der Waals surface area contributed by atoms with E-state index in [9.17, 15) is 4.79 Å². The minimum absolute atomic E-state index is 0.0892. The van der Waals surface area contributed by atoms with Crippen LogP contribution in [0.5, 0.6) is 0 Å². The second kappa shape index (κ2) is 17.4. The number of methoxy groups -OCH3 is 1. The monoisotopic (exact) mass is 366 g/mol. The third-order valence-corrected chi connectivity index (χ3v) is 4.98. The molecule has 0 atom stereocenters. The van der Waals surface area contributed by atoms with E-state index < -0.39 is 0 Å². The van der Waals surface area contributed by atoms with E-state index in [0.717, 1.165) is 11.1 Å². The van der Waals surface area contributed by atoms with Crippen LogP contribution in [0.3, 0.4) is 0 Å². The molecule has 0 fully saturated rings. The summed E-state index contributed by atoms with van der Waals surface area (Å²) < 4.78 is 4.61. The molecule has 2 nitrogen and oxygen atoms in total. The van der Waals surface area contributed by atoms with Crippen LogP contribution in [0.2, 0.25) is 0 Å². The molecule has 0 N–H and O–H groups in total. The van der Waals surface area contributed by atoms with Crippen molar-refractivity contribution in [3.05, 3.63) is 0 Å². The Morgan fingerprint density at radius 1 is 0.850 bits per heavy atom. The molecule has 0 aliphatic carbocycles. The van der Waals surface area contributed by atoms with Crippen molar-refractivity contribution in [3.8, 4) is 0 Å². The molecule has 0 amide bonds. The molecule has 0 aromatic carbocycles. The van der Waals surface area contributed by atoms with E-state index >= 15 is 0 Å². The van der Waals surface area contributed by atoms with Gasteiger partial charge in [-0.05, 0) is 18.6 Å². The molecule has 0 aromatic rings. The van der Waals surface area contributed by atoms with Crippen molar-refractivity contribution in [3.63, 3.8) is 0 Å². The molecule has 0 spiro atoms. The van der Waals surface area contributed by atoms with E-state index in [2.05, 4.69) is 20.7 Å². The fourth-order valence-corrected chi connectivity index (χ4v) is 3.39. The number of thioether (sulfide) groups is 1. The number of esters is 1. The van der Waals surface area contributed by atoms with E-state index in [1.165, 1.54) is 77.1 Å². The van der Waals surface area contributed by atoms with Gasteiger partial charge in [-0.15, -0.1) is 0 Å². The number of alkyl halides is 1. The maximum Gasteiger partial charge on any atom is 0.306 e. The summed E-state index contributed by atoms with van der Waals surface area (Å²) in [5.41, 5.74) is 0. The van der Waals surface area contributed by atoms with E-state index in [1.54, 1.807) is 0 Å². The maximum absolute atomic E-state index is 10.9.